The van der Waals surface area contributed by atoms with Gasteiger partial charge < -0.3 is 10.1 Å². The Bertz CT molecular complexity index is 1170. The zero-order valence-corrected chi connectivity index (χ0v) is 18.4. The predicted octanol–water partition coefficient (Wildman–Crippen LogP) is 2.83. The van der Waals surface area contributed by atoms with Crippen molar-refractivity contribution in [3.05, 3.63) is 47.3 Å². The second-order valence-electron chi connectivity index (χ2n) is 6.65. The van der Waals surface area contributed by atoms with Crippen molar-refractivity contribution >= 4 is 27.3 Å². The van der Waals surface area contributed by atoms with E-state index in [4.69, 9.17) is 4.74 Å². The molecular weight excluding hydrogens is 404 g/mol. The van der Waals surface area contributed by atoms with Crippen LogP contribution in [0.15, 0.2) is 40.1 Å². The molecule has 2 aromatic heterocycles. The summed E-state index contributed by atoms with van der Waals surface area (Å²) in [5.41, 5.74) is 2.40. The van der Waals surface area contributed by atoms with E-state index in [0.717, 1.165) is 11.3 Å². The Balaban J connectivity index is 2.32. The van der Waals surface area contributed by atoms with Gasteiger partial charge in [-0.15, -0.1) is 5.10 Å². The summed E-state index contributed by atoms with van der Waals surface area (Å²) in [6.07, 6.45) is 1.16. The molecule has 0 amide bonds. The topological polar surface area (TPSA) is 103 Å². The van der Waals surface area contributed by atoms with Gasteiger partial charge in [0.05, 0.1) is 17.9 Å². The largest absolute Gasteiger partial charge is 0.466 e. The fourth-order valence-corrected chi connectivity index (χ4v) is 5.04. The molecular formula is C21H26N4O4S. The molecule has 9 heteroatoms. The Morgan fingerprint density at radius 2 is 1.83 bits per heavy atom. The Hall–Kier alpha value is -2.94. The third-order valence-corrected chi connectivity index (χ3v) is 6.67. The molecule has 0 aliphatic rings. The maximum absolute atomic E-state index is 13.4. The van der Waals surface area contributed by atoms with E-state index in [1.807, 2.05) is 13.8 Å². The number of sulfone groups is 1. The summed E-state index contributed by atoms with van der Waals surface area (Å²) in [6, 6.07) is 8.22. The summed E-state index contributed by atoms with van der Waals surface area (Å²) in [6.45, 7) is 5.92. The van der Waals surface area contributed by atoms with Crippen LogP contribution >= 0.6 is 0 Å². The summed E-state index contributed by atoms with van der Waals surface area (Å²) >= 11 is 0. The fourth-order valence-electron chi connectivity index (χ4n) is 3.52. The van der Waals surface area contributed by atoms with Gasteiger partial charge in [0.1, 0.15) is 0 Å². The molecule has 0 saturated carbocycles. The van der Waals surface area contributed by atoms with E-state index in [1.54, 1.807) is 44.3 Å². The van der Waals surface area contributed by atoms with Crippen LogP contribution in [0, 0.1) is 0 Å². The monoisotopic (exact) mass is 430 g/mol. The summed E-state index contributed by atoms with van der Waals surface area (Å²) in [5.74, 6) is -0.127. The summed E-state index contributed by atoms with van der Waals surface area (Å²) < 4.78 is 33.5. The second-order valence-corrected chi connectivity index (χ2v) is 8.54. The maximum Gasteiger partial charge on any atom is 0.310 e. The molecule has 3 rings (SSSR count). The molecule has 0 spiro atoms. The first-order valence-electron chi connectivity index (χ1n) is 9.95. The minimum atomic E-state index is -3.86. The Kier molecular flexibility index (Phi) is 6.40. The number of carbonyl (C=O) groups excluding carboxylic acids is 1. The molecule has 0 radical (unpaired) electrons. The van der Waals surface area contributed by atoms with Crippen LogP contribution < -0.4 is 5.32 Å². The molecule has 2 heterocycles. The molecule has 0 saturated heterocycles. The van der Waals surface area contributed by atoms with Crippen LogP contribution in [-0.4, -0.2) is 42.6 Å². The lowest BCUT2D eigenvalue weighted by Crippen LogP contribution is -2.16. The van der Waals surface area contributed by atoms with Gasteiger partial charge in [0, 0.05) is 24.0 Å². The normalized spacial score (nSPS) is 11.6. The lowest BCUT2D eigenvalue weighted by atomic mass is 10.0. The van der Waals surface area contributed by atoms with E-state index in [1.165, 1.54) is 4.52 Å². The standard InChI is InChI=1S/C21H26N4O4S/c1-5-16-15(13-18(26)29-7-3)17(6-2)25-21(23-16)19(20(22-4)24-25)30(27,28)14-11-9-8-10-12-14/h8-12H,5-7,13H2,1-4H3,(H,22,24). The number of rotatable bonds is 8. The highest BCUT2D eigenvalue weighted by Crippen LogP contribution is 2.32. The average molecular weight is 431 g/mol. The number of nitrogens with one attached hydrogen (secondary N) is 1. The third kappa shape index (κ3) is 3.77. The van der Waals surface area contributed by atoms with E-state index < -0.39 is 9.84 Å². The number of esters is 1. The van der Waals surface area contributed by atoms with Crippen molar-refractivity contribution in [2.24, 2.45) is 0 Å². The zero-order chi connectivity index (χ0) is 21.9. The van der Waals surface area contributed by atoms with E-state index in [2.05, 4.69) is 15.4 Å². The van der Waals surface area contributed by atoms with E-state index in [9.17, 15) is 13.2 Å². The summed E-state index contributed by atoms with van der Waals surface area (Å²) in [4.78, 5) is 17.0. The van der Waals surface area contributed by atoms with Crippen LogP contribution in [0.1, 0.15) is 37.7 Å². The van der Waals surface area contributed by atoms with Gasteiger partial charge in [-0.2, -0.15) is 0 Å². The first kappa shape index (κ1) is 21.8. The number of anilines is 1. The van der Waals surface area contributed by atoms with Gasteiger partial charge in [-0.25, -0.2) is 17.9 Å². The maximum atomic E-state index is 13.4. The molecule has 0 bridgehead atoms. The van der Waals surface area contributed by atoms with Crippen molar-refractivity contribution in [1.82, 2.24) is 14.6 Å². The van der Waals surface area contributed by atoms with E-state index in [-0.39, 0.29) is 33.6 Å². The fraction of sp³-hybridized carbons (Fsp3) is 0.381. The molecule has 1 aromatic carbocycles. The van der Waals surface area contributed by atoms with Crippen LogP contribution in [0.3, 0.4) is 0 Å². The Labute approximate surface area is 176 Å². The molecule has 0 atom stereocenters. The van der Waals surface area contributed by atoms with Gasteiger partial charge in [-0.05, 0) is 31.9 Å². The molecule has 30 heavy (non-hydrogen) atoms. The van der Waals surface area contributed by atoms with Crippen molar-refractivity contribution in [2.75, 3.05) is 19.0 Å². The van der Waals surface area contributed by atoms with Gasteiger partial charge in [0.25, 0.3) is 0 Å². The van der Waals surface area contributed by atoms with Crippen molar-refractivity contribution in [3.63, 3.8) is 0 Å². The van der Waals surface area contributed by atoms with Crippen molar-refractivity contribution in [1.29, 1.82) is 0 Å². The third-order valence-electron chi connectivity index (χ3n) is 4.87. The molecule has 0 aliphatic carbocycles. The van der Waals surface area contributed by atoms with Crippen LogP contribution in [0.2, 0.25) is 0 Å². The van der Waals surface area contributed by atoms with Crippen LogP contribution in [0.4, 0.5) is 5.82 Å². The first-order chi connectivity index (χ1) is 14.4. The lowest BCUT2D eigenvalue weighted by Gasteiger charge is -2.14. The van der Waals surface area contributed by atoms with E-state index in [0.29, 0.717) is 25.1 Å². The predicted molar refractivity (Wildman–Crippen MR) is 114 cm³/mol. The van der Waals surface area contributed by atoms with E-state index >= 15 is 0 Å². The Morgan fingerprint density at radius 3 is 2.40 bits per heavy atom. The van der Waals surface area contributed by atoms with Crippen molar-refractivity contribution in [3.8, 4) is 0 Å². The molecule has 0 unspecified atom stereocenters. The molecule has 1 N–H and O–H groups in total. The molecule has 8 nitrogen and oxygen atoms in total. The summed E-state index contributed by atoms with van der Waals surface area (Å²) in [5, 5.41) is 7.38. The number of carbonyl (C=O) groups is 1. The molecule has 0 fully saturated rings. The average Bonchev–Trinajstić information content (AvgIpc) is 3.13. The number of fused-ring (bicyclic) bond motifs is 1. The van der Waals surface area contributed by atoms with Crippen molar-refractivity contribution in [2.45, 2.75) is 49.8 Å². The second kappa shape index (κ2) is 8.83. The molecule has 3 aromatic rings. The van der Waals surface area contributed by atoms with Crippen LogP contribution in [-0.2, 0) is 38.6 Å². The van der Waals surface area contributed by atoms with Gasteiger partial charge in [0.15, 0.2) is 16.4 Å². The number of nitrogens with zero attached hydrogens (tertiary/aromatic N) is 3. The number of aryl methyl sites for hydroxylation is 2. The zero-order valence-electron chi connectivity index (χ0n) is 17.6. The number of benzene rings is 1. The molecule has 160 valence electrons. The lowest BCUT2D eigenvalue weighted by molar-refractivity contribution is -0.142. The highest BCUT2D eigenvalue weighted by atomic mass is 32.2. The number of hydrogen-bond acceptors (Lipinski definition) is 7. The number of ether oxygens (including phenoxy) is 1. The molecule has 0 aliphatic heterocycles. The highest BCUT2D eigenvalue weighted by Gasteiger charge is 2.30. The van der Waals surface area contributed by atoms with Gasteiger partial charge in [-0.1, -0.05) is 32.0 Å². The van der Waals surface area contributed by atoms with Gasteiger partial charge >= 0.3 is 5.97 Å². The minimum Gasteiger partial charge on any atom is -0.466 e. The highest BCUT2D eigenvalue weighted by molar-refractivity contribution is 7.91. The smallest absolute Gasteiger partial charge is 0.310 e. The first-order valence-corrected chi connectivity index (χ1v) is 11.4. The Morgan fingerprint density at radius 1 is 1.13 bits per heavy atom. The quantitative estimate of drug-likeness (QED) is 0.548. The number of aromatic nitrogens is 3. The van der Waals surface area contributed by atoms with Crippen LogP contribution in [0.25, 0.3) is 5.65 Å². The summed E-state index contributed by atoms with van der Waals surface area (Å²) in [7, 11) is -2.24. The number of hydrogen-bond donors (Lipinski definition) is 1. The van der Waals surface area contributed by atoms with Gasteiger partial charge in [0.2, 0.25) is 9.84 Å². The van der Waals surface area contributed by atoms with Crippen molar-refractivity contribution < 1.29 is 17.9 Å². The SMILES string of the molecule is CCOC(=O)Cc1c(CC)nc2c(S(=O)(=O)c3ccccc3)c(NC)nn2c1CC. The van der Waals surface area contributed by atoms with Crippen LogP contribution in [0.5, 0.6) is 0 Å². The van der Waals surface area contributed by atoms with Gasteiger partial charge in [-0.3, -0.25) is 4.79 Å². The minimum absolute atomic E-state index is 0.0308.